The standard InChI is InChI=1S/C15H11ClFNO2S/c16-21(19,20)15-10-18(9-11-4-2-1-3-5-11)14-7-6-12(17)8-13(14)15/h1-8,10H,9H2. The highest BCUT2D eigenvalue weighted by molar-refractivity contribution is 8.14. The Labute approximate surface area is 126 Å². The average Bonchev–Trinajstić information content (AvgIpc) is 2.78. The van der Waals surface area contributed by atoms with E-state index in [1.807, 2.05) is 30.3 Å². The van der Waals surface area contributed by atoms with Crippen LogP contribution in [0.1, 0.15) is 5.56 Å². The molecule has 0 spiro atoms. The highest BCUT2D eigenvalue weighted by Crippen LogP contribution is 2.29. The molecule has 0 atom stereocenters. The fourth-order valence-electron chi connectivity index (χ4n) is 2.34. The molecule has 2 aromatic carbocycles. The normalized spacial score (nSPS) is 11.9. The second-order valence-corrected chi connectivity index (χ2v) is 7.24. The van der Waals surface area contributed by atoms with Crippen LogP contribution in [0.5, 0.6) is 0 Å². The Morgan fingerprint density at radius 3 is 2.48 bits per heavy atom. The fraction of sp³-hybridized carbons (Fsp3) is 0.0667. The van der Waals surface area contributed by atoms with Crippen LogP contribution in [0, 0.1) is 5.82 Å². The van der Waals surface area contributed by atoms with Gasteiger partial charge in [0.15, 0.2) is 0 Å². The average molecular weight is 324 g/mol. The maximum atomic E-state index is 13.4. The lowest BCUT2D eigenvalue weighted by molar-refractivity contribution is 0.609. The van der Waals surface area contributed by atoms with E-state index in [-0.39, 0.29) is 4.90 Å². The van der Waals surface area contributed by atoms with Crippen molar-refractivity contribution < 1.29 is 12.8 Å². The first-order valence-corrected chi connectivity index (χ1v) is 8.53. The SMILES string of the molecule is O=S(=O)(Cl)c1cn(Cc2ccccc2)c2ccc(F)cc12. The summed E-state index contributed by atoms with van der Waals surface area (Å²) < 4.78 is 38.5. The lowest BCUT2D eigenvalue weighted by Gasteiger charge is -2.05. The van der Waals surface area contributed by atoms with Gasteiger partial charge in [0.05, 0.1) is 0 Å². The van der Waals surface area contributed by atoms with Gasteiger partial charge in [-0.25, -0.2) is 12.8 Å². The van der Waals surface area contributed by atoms with E-state index < -0.39 is 14.9 Å². The monoisotopic (exact) mass is 323 g/mol. The second-order valence-electron chi connectivity index (χ2n) is 4.71. The first kappa shape index (κ1) is 14.1. The first-order chi connectivity index (χ1) is 9.95. The molecule has 0 saturated carbocycles. The highest BCUT2D eigenvalue weighted by atomic mass is 35.7. The summed E-state index contributed by atoms with van der Waals surface area (Å²) in [6, 6.07) is 13.6. The van der Waals surface area contributed by atoms with E-state index in [1.165, 1.54) is 18.3 Å². The highest BCUT2D eigenvalue weighted by Gasteiger charge is 2.19. The van der Waals surface area contributed by atoms with Gasteiger partial charge in [-0.05, 0) is 23.8 Å². The Morgan fingerprint density at radius 1 is 1.10 bits per heavy atom. The molecule has 0 saturated heterocycles. The van der Waals surface area contributed by atoms with Gasteiger partial charge >= 0.3 is 0 Å². The van der Waals surface area contributed by atoms with Crippen LogP contribution in [0.2, 0.25) is 0 Å². The topological polar surface area (TPSA) is 39.1 Å². The number of halogens is 2. The van der Waals surface area contributed by atoms with E-state index in [0.717, 1.165) is 5.56 Å². The molecule has 21 heavy (non-hydrogen) atoms. The third kappa shape index (κ3) is 2.80. The largest absolute Gasteiger partial charge is 0.342 e. The summed E-state index contributed by atoms with van der Waals surface area (Å²) in [7, 11) is 1.51. The maximum absolute atomic E-state index is 13.4. The Balaban J connectivity index is 2.20. The summed E-state index contributed by atoms with van der Waals surface area (Å²) in [6.45, 7) is 0.482. The van der Waals surface area contributed by atoms with Crippen molar-refractivity contribution >= 4 is 30.6 Å². The molecule has 3 rings (SSSR count). The number of hydrogen-bond acceptors (Lipinski definition) is 2. The van der Waals surface area contributed by atoms with Gasteiger partial charge in [0.1, 0.15) is 10.7 Å². The smallest absolute Gasteiger partial charge is 0.263 e. The number of hydrogen-bond donors (Lipinski definition) is 0. The molecule has 0 amide bonds. The van der Waals surface area contributed by atoms with Crippen LogP contribution in [-0.4, -0.2) is 13.0 Å². The van der Waals surface area contributed by atoms with Crippen LogP contribution in [0.15, 0.2) is 59.6 Å². The third-order valence-electron chi connectivity index (χ3n) is 3.27. The summed E-state index contributed by atoms with van der Waals surface area (Å²) in [5.41, 5.74) is 1.64. The van der Waals surface area contributed by atoms with Crippen molar-refractivity contribution in [3.8, 4) is 0 Å². The van der Waals surface area contributed by atoms with Gasteiger partial charge in [0.2, 0.25) is 0 Å². The Kier molecular flexibility index (Phi) is 3.47. The van der Waals surface area contributed by atoms with Crippen LogP contribution in [0.4, 0.5) is 4.39 Å². The van der Waals surface area contributed by atoms with E-state index in [0.29, 0.717) is 17.4 Å². The predicted molar refractivity (Wildman–Crippen MR) is 80.5 cm³/mol. The fourth-order valence-corrected chi connectivity index (χ4v) is 3.39. The van der Waals surface area contributed by atoms with Gasteiger partial charge in [-0.15, -0.1) is 0 Å². The minimum absolute atomic E-state index is 0.0744. The molecule has 0 radical (unpaired) electrons. The molecule has 0 aliphatic heterocycles. The van der Waals surface area contributed by atoms with E-state index >= 15 is 0 Å². The molecule has 6 heteroatoms. The van der Waals surface area contributed by atoms with Crippen LogP contribution in [0.3, 0.4) is 0 Å². The molecule has 3 aromatic rings. The Hall–Kier alpha value is -1.85. The maximum Gasteiger partial charge on any atom is 0.263 e. The van der Waals surface area contributed by atoms with Crippen LogP contribution in [0.25, 0.3) is 10.9 Å². The van der Waals surface area contributed by atoms with Crippen molar-refractivity contribution in [3.05, 3.63) is 66.1 Å². The summed E-state index contributed by atoms with van der Waals surface area (Å²) in [5.74, 6) is -0.499. The molecule has 1 heterocycles. The molecule has 0 aliphatic carbocycles. The summed E-state index contributed by atoms with van der Waals surface area (Å²) in [6.07, 6.45) is 1.44. The summed E-state index contributed by atoms with van der Waals surface area (Å²) in [5, 5.41) is 0.293. The van der Waals surface area contributed by atoms with Crippen molar-refractivity contribution in [2.24, 2.45) is 0 Å². The summed E-state index contributed by atoms with van der Waals surface area (Å²) >= 11 is 0. The zero-order valence-corrected chi connectivity index (χ0v) is 12.4. The molecule has 0 bridgehead atoms. The number of benzene rings is 2. The minimum atomic E-state index is -3.93. The Morgan fingerprint density at radius 2 is 1.81 bits per heavy atom. The third-order valence-corrected chi connectivity index (χ3v) is 4.61. The van der Waals surface area contributed by atoms with Gasteiger partial charge in [0.25, 0.3) is 9.05 Å². The second kappa shape index (κ2) is 5.16. The van der Waals surface area contributed by atoms with Gasteiger partial charge in [-0.1, -0.05) is 30.3 Å². The quantitative estimate of drug-likeness (QED) is 0.688. The van der Waals surface area contributed by atoms with Crippen LogP contribution >= 0.6 is 10.7 Å². The van der Waals surface area contributed by atoms with Crippen molar-refractivity contribution in [2.75, 3.05) is 0 Å². The zero-order chi connectivity index (χ0) is 15.0. The Bertz CT molecular complexity index is 904. The molecule has 3 nitrogen and oxygen atoms in total. The first-order valence-electron chi connectivity index (χ1n) is 6.22. The molecule has 108 valence electrons. The lowest BCUT2D eigenvalue weighted by atomic mass is 10.2. The number of nitrogens with zero attached hydrogens (tertiary/aromatic N) is 1. The molecule has 0 fully saturated rings. The van der Waals surface area contributed by atoms with Crippen LogP contribution < -0.4 is 0 Å². The molecule has 0 N–H and O–H groups in total. The van der Waals surface area contributed by atoms with Gasteiger partial charge in [-0.3, -0.25) is 0 Å². The van der Waals surface area contributed by atoms with E-state index in [9.17, 15) is 12.8 Å². The number of fused-ring (bicyclic) bond motifs is 1. The molecule has 0 aliphatic rings. The van der Waals surface area contributed by atoms with Gasteiger partial charge in [0, 0.05) is 34.3 Å². The van der Waals surface area contributed by atoms with Crippen molar-refractivity contribution in [1.82, 2.24) is 4.57 Å². The number of rotatable bonds is 3. The summed E-state index contributed by atoms with van der Waals surface area (Å²) in [4.78, 5) is -0.0744. The van der Waals surface area contributed by atoms with Gasteiger partial charge in [-0.2, -0.15) is 0 Å². The van der Waals surface area contributed by atoms with Crippen molar-refractivity contribution in [1.29, 1.82) is 0 Å². The lowest BCUT2D eigenvalue weighted by Crippen LogP contribution is -1.97. The van der Waals surface area contributed by atoms with E-state index in [1.54, 1.807) is 10.6 Å². The minimum Gasteiger partial charge on any atom is -0.342 e. The molecular formula is C15H11ClFNO2S. The molecule has 0 unspecified atom stereocenters. The number of aromatic nitrogens is 1. The zero-order valence-electron chi connectivity index (χ0n) is 10.8. The molecular weight excluding hydrogens is 313 g/mol. The van der Waals surface area contributed by atoms with Crippen molar-refractivity contribution in [2.45, 2.75) is 11.4 Å². The van der Waals surface area contributed by atoms with E-state index in [4.69, 9.17) is 10.7 Å². The molecule has 1 aromatic heterocycles. The van der Waals surface area contributed by atoms with Crippen molar-refractivity contribution in [3.63, 3.8) is 0 Å². The van der Waals surface area contributed by atoms with E-state index in [2.05, 4.69) is 0 Å². The predicted octanol–water partition coefficient (Wildman–Crippen LogP) is 3.76. The van der Waals surface area contributed by atoms with Gasteiger partial charge < -0.3 is 4.57 Å². The van der Waals surface area contributed by atoms with Crippen LogP contribution in [-0.2, 0) is 15.6 Å².